The highest BCUT2D eigenvalue weighted by Gasteiger charge is 2.39. The van der Waals surface area contributed by atoms with Crippen LogP contribution in [0.15, 0.2) is 34.7 Å². The van der Waals surface area contributed by atoms with Gasteiger partial charge < -0.3 is 9.73 Å². The van der Waals surface area contributed by atoms with Gasteiger partial charge in [0.1, 0.15) is 5.58 Å². The Balaban J connectivity index is 1.58. The van der Waals surface area contributed by atoms with Gasteiger partial charge in [0.05, 0.1) is 6.04 Å². The summed E-state index contributed by atoms with van der Waals surface area (Å²) in [7, 11) is 0. The predicted molar refractivity (Wildman–Crippen MR) is 77.8 cm³/mol. The minimum Gasteiger partial charge on any atom is -0.453 e. The Labute approximate surface area is 118 Å². The van der Waals surface area contributed by atoms with E-state index in [0.29, 0.717) is 17.7 Å². The number of benzene rings is 1. The summed E-state index contributed by atoms with van der Waals surface area (Å²) in [4.78, 5) is 12.6. The summed E-state index contributed by atoms with van der Waals surface area (Å²) >= 11 is 0. The van der Waals surface area contributed by atoms with Gasteiger partial charge in [0.2, 0.25) is 5.78 Å². The Morgan fingerprint density at radius 3 is 2.90 bits per heavy atom. The first-order chi connectivity index (χ1) is 9.81. The van der Waals surface area contributed by atoms with Crippen molar-refractivity contribution in [3.8, 4) is 0 Å². The molecule has 2 heterocycles. The van der Waals surface area contributed by atoms with E-state index in [-0.39, 0.29) is 11.8 Å². The van der Waals surface area contributed by atoms with Gasteiger partial charge in [-0.3, -0.25) is 4.79 Å². The van der Waals surface area contributed by atoms with Crippen LogP contribution in [0.4, 0.5) is 0 Å². The largest absolute Gasteiger partial charge is 0.453 e. The third-order valence-electron chi connectivity index (χ3n) is 4.85. The fraction of sp³-hybridized carbons (Fsp3) is 0.471. The molecule has 0 radical (unpaired) electrons. The monoisotopic (exact) mass is 269 g/mol. The number of fused-ring (bicyclic) bond motifs is 2. The van der Waals surface area contributed by atoms with Gasteiger partial charge >= 0.3 is 0 Å². The van der Waals surface area contributed by atoms with Gasteiger partial charge in [-0.25, -0.2) is 0 Å². The molecule has 3 nitrogen and oxygen atoms in total. The molecule has 1 saturated carbocycles. The number of para-hydroxylation sites is 1. The lowest BCUT2D eigenvalue weighted by molar-refractivity contribution is 0.0923. The van der Waals surface area contributed by atoms with Crippen molar-refractivity contribution in [2.75, 3.05) is 0 Å². The Morgan fingerprint density at radius 1 is 1.20 bits per heavy atom. The highest BCUT2D eigenvalue weighted by molar-refractivity contribution is 6.01. The third-order valence-corrected chi connectivity index (χ3v) is 4.85. The summed E-state index contributed by atoms with van der Waals surface area (Å²) in [6, 6.07) is 10.2. The second kappa shape index (κ2) is 4.74. The van der Waals surface area contributed by atoms with Crippen molar-refractivity contribution in [3.05, 3.63) is 36.1 Å². The lowest BCUT2D eigenvalue weighted by atomic mass is 9.85. The first-order valence-electron chi connectivity index (χ1n) is 7.60. The van der Waals surface area contributed by atoms with Gasteiger partial charge in [0, 0.05) is 11.4 Å². The summed E-state index contributed by atoms with van der Waals surface area (Å²) in [5, 5.41) is 4.53. The van der Waals surface area contributed by atoms with Crippen molar-refractivity contribution >= 4 is 16.8 Å². The molecule has 104 valence electrons. The van der Waals surface area contributed by atoms with E-state index in [1.165, 1.54) is 25.7 Å². The second-order valence-electron chi connectivity index (χ2n) is 6.12. The molecule has 1 N–H and O–H groups in total. The van der Waals surface area contributed by atoms with Gasteiger partial charge in [-0.2, -0.15) is 0 Å². The summed E-state index contributed by atoms with van der Waals surface area (Å²) in [6.07, 6.45) is 6.06. The average molecular weight is 269 g/mol. The SMILES string of the molecule is O=C(c1cc2ccccc2o1)C1CC2CCCCC2N1. The van der Waals surface area contributed by atoms with E-state index in [2.05, 4.69) is 5.32 Å². The smallest absolute Gasteiger partial charge is 0.214 e. The Bertz CT molecular complexity index is 598. The van der Waals surface area contributed by atoms with Crippen LogP contribution in [0.5, 0.6) is 0 Å². The van der Waals surface area contributed by atoms with Crippen molar-refractivity contribution in [2.24, 2.45) is 5.92 Å². The second-order valence-corrected chi connectivity index (χ2v) is 6.12. The van der Waals surface area contributed by atoms with E-state index in [4.69, 9.17) is 4.42 Å². The van der Waals surface area contributed by atoms with Crippen molar-refractivity contribution in [1.82, 2.24) is 5.32 Å². The predicted octanol–water partition coefficient (Wildman–Crippen LogP) is 3.54. The molecule has 1 saturated heterocycles. The molecule has 20 heavy (non-hydrogen) atoms. The Hall–Kier alpha value is -1.61. The highest BCUT2D eigenvalue weighted by Crippen LogP contribution is 2.34. The molecule has 3 atom stereocenters. The molecule has 0 spiro atoms. The zero-order valence-corrected chi connectivity index (χ0v) is 11.5. The molecular weight excluding hydrogens is 250 g/mol. The van der Waals surface area contributed by atoms with Crippen molar-refractivity contribution in [2.45, 2.75) is 44.2 Å². The van der Waals surface area contributed by atoms with Gasteiger partial charge in [-0.15, -0.1) is 0 Å². The number of carbonyl (C=O) groups is 1. The van der Waals surface area contributed by atoms with Crippen molar-refractivity contribution < 1.29 is 9.21 Å². The number of rotatable bonds is 2. The number of Topliss-reactive ketones (excluding diaryl/α,β-unsaturated/α-hetero) is 1. The fourth-order valence-corrected chi connectivity index (χ4v) is 3.80. The van der Waals surface area contributed by atoms with E-state index in [0.717, 1.165) is 17.4 Å². The number of carbonyl (C=O) groups excluding carboxylic acids is 1. The summed E-state index contributed by atoms with van der Waals surface area (Å²) in [5.41, 5.74) is 0.797. The van der Waals surface area contributed by atoms with Gasteiger partial charge in [-0.1, -0.05) is 31.0 Å². The maximum absolute atomic E-state index is 12.6. The van der Waals surface area contributed by atoms with E-state index >= 15 is 0 Å². The molecule has 2 fully saturated rings. The first-order valence-corrected chi connectivity index (χ1v) is 7.60. The first kappa shape index (κ1) is 12.2. The number of hydrogen-bond donors (Lipinski definition) is 1. The average Bonchev–Trinajstić information content (AvgIpc) is 3.10. The van der Waals surface area contributed by atoms with E-state index < -0.39 is 0 Å². The van der Waals surface area contributed by atoms with Crippen LogP contribution in [0.2, 0.25) is 0 Å². The minimum atomic E-state index is -0.0522. The molecule has 1 aliphatic carbocycles. The lowest BCUT2D eigenvalue weighted by Crippen LogP contribution is -2.37. The summed E-state index contributed by atoms with van der Waals surface area (Å²) in [6.45, 7) is 0. The number of ketones is 1. The van der Waals surface area contributed by atoms with Crippen LogP contribution in [0, 0.1) is 5.92 Å². The minimum absolute atomic E-state index is 0.0522. The van der Waals surface area contributed by atoms with Crippen LogP contribution in [0.25, 0.3) is 11.0 Å². The van der Waals surface area contributed by atoms with Crippen LogP contribution in [-0.4, -0.2) is 17.9 Å². The molecule has 3 unspecified atom stereocenters. The number of nitrogens with one attached hydrogen (secondary N) is 1. The zero-order valence-electron chi connectivity index (χ0n) is 11.5. The summed E-state index contributed by atoms with van der Waals surface area (Å²) in [5.74, 6) is 1.31. The van der Waals surface area contributed by atoms with Crippen molar-refractivity contribution in [1.29, 1.82) is 0 Å². The highest BCUT2D eigenvalue weighted by atomic mass is 16.3. The molecule has 0 bridgehead atoms. The molecule has 0 amide bonds. The molecule has 3 heteroatoms. The standard InChI is InChI=1S/C17H19NO2/c19-17(14-9-11-5-1-3-7-13(11)18-14)16-10-12-6-2-4-8-15(12)20-16/h2,4,6,8,10-11,13-14,18H,1,3,5,7,9H2. The third kappa shape index (κ3) is 1.97. The molecule has 1 aliphatic heterocycles. The van der Waals surface area contributed by atoms with Crippen LogP contribution in [0.1, 0.15) is 42.7 Å². The molecule has 2 aliphatic rings. The molecular formula is C17H19NO2. The van der Waals surface area contributed by atoms with Gasteiger partial charge in [0.25, 0.3) is 0 Å². The van der Waals surface area contributed by atoms with Gasteiger partial charge in [-0.05, 0) is 37.3 Å². The lowest BCUT2D eigenvalue weighted by Gasteiger charge is -2.24. The Kier molecular flexibility index (Phi) is 2.88. The van der Waals surface area contributed by atoms with Crippen LogP contribution < -0.4 is 5.32 Å². The van der Waals surface area contributed by atoms with E-state index in [1.54, 1.807) is 0 Å². The van der Waals surface area contributed by atoms with E-state index in [9.17, 15) is 4.79 Å². The topological polar surface area (TPSA) is 42.2 Å². The normalized spacial score (nSPS) is 29.5. The van der Waals surface area contributed by atoms with E-state index in [1.807, 2.05) is 30.3 Å². The van der Waals surface area contributed by atoms with Gasteiger partial charge in [0.15, 0.2) is 5.76 Å². The van der Waals surface area contributed by atoms with Crippen molar-refractivity contribution in [3.63, 3.8) is 0 Å². The zero-order chi connectivity index (χ0) is 13.5. The van der Waals surface area contributed by atoms with Crippen LogP contribution in [-0.2, 0) is 0 Å². The summed E-state index contributed by atoms with van der Waals surface area (Å²) < 4.78 is 5.71. The molecule has 4 rings (SSSR count). The maximum atomic E-state index is 12.6. The van der Waals surface area contributed by atoms with Crippen LogP contribution in [0.3, 0.4) is 0 Å². The quantitative estimate of drug-likeness (QED) is 0.848. The van der Waals surface area contributed by atoms with Crippen LogP contribution >= 0.6 is 0 Å². The number of hydrogen-bond acceptors (Lipinski definition) is 3. The fourth-order valence-electron chi connectivity index (χ4n) is 3.80. The molecule has 1 aromatic carbocycles. The number of furan rings is 1. The molecule has 1 aromatic heterocycles. The Morgan fingerprint density at radius 2 is 2.05 bits per heavy atom. The maximum Gasteiger partial charge on any atom is 0.214 e. The molecule has 2 aromatic rings.